The van der Waals surface area contributed by atoms with Gasteiger partial charge >= 0.3 is 0 Å². The van der Waals surface area contributed by atoms with Gasteiger partial charge in [-0.25, -0.2) is 9.99 Å². The number of nitrogens with one attached hydrogen (secondary N) is 1. The van der Waals surface area contributed by atoms with E-state index in [9.17, 15) is 4.39 Å². The average molecular weight is 358 g/mol. The van der Waals surface area contributed by atoms with Crippen molar-refractivity contribution in [2.75, 3.05) is 26.1 Å². The van der Waals surface area contributed by atoms with Crippen molar-refractivity contribution in [3.8, 4) is 0 Å². The molecule has 1 aliphatic heterocycles. The fraction of sp³-hybridized carbons (Fsp3) is 0.316. The molecule has 1 aromatic heterocycles. The largest absolute Gasteiger partial charge is 0.383 e. The normalized spacial score (nSPS) is 13.8. The number of hydrogen-bond acceptors (Lipinski definition) is 5. The lowest BCUT2D eigenvalue weighted by molar-refractivity contribution is 0.514. The number of amidine groups is 1. The van der Waals surface area contributed by atoms with Crippen LogP contribution >= 0.6 is 0 Å². The van der Waals surface area contributed by atoms with Gasteiger partial charge in [0.25, 0.3) is 0 Å². The van der Waals surface area contributed by atoms with Gasteiger partial charge in [0.2, 0.25) is 0 Å². The highest BCUT2D eigenvalue weighted by Gasteiger charge is 2.08. The molecule has 0 saturated carbocycles. The van der Waals surface area contributed by atoms with E-state index in [0.29, 0.717) is 19.4 Å². The summed E-state index contributed by atoms with van der Waals surface area (Å²) in [5.41, 5.74) is 8.50. The SMILES string of the molecule is C=C1C=CC=CN1/N=C\Cc1ccc(C(N)=NC)c(NCCC)n1.CF. The predicted octanol–water partition coefficient (Wildman–Crippen LogP) is 3.25. The van der Waals surface area contributed by atoms with Gasteiger partial charge in [-0.05, 0) is 30.7 Å². The van der Waals surface area contributed by atoms with Gasteiger partial charge < -0.3 is 11.1 Å². The number of hydrazone groups is 1. The minimum absolute atomic E-state index is 0.475. The molecule has 0 aromatic carbocycles. The zero-order valence-corrected chi connectivity index (χ0v) is 15.6. The minimum Gasteiger partial charge on any atom is -0.383 e. The van der Waals surface area contributed by atoms with Gasteiger partial charge in [-0.3, -0.25) is 9.38 Å². The molecule has 7 heteroatoms. The van der Waals surface area contributed by atoms with E-state index in [2.05, 4.69) is 33.9 Å². The van der Waals surface area contributed by atoms with Crippen LogP contribution in [0.3, 0.4) is 0 Å². The molecular formula is C19H27FN6. The Morgan fingerprint density at radius 3 is 2.81 bits per heavy atom. The van der Waals surface area contributed by atoms with Crippen molar-refractivity contribution in [3.05, 3.63) is 60.1 Å². The molecule has 0 saturated heterocycles. The highest BCUT2D eigenvalue weighted by molar-refractivity contribution is 6.01. The minimum atomic E-state index is 0.475. The molecule has 0 amide bonds. The van der Waals surface area contributed by atoms with Crippen LogP contribution in [0.2, 0.25) is 0 Å². The van der Waals surface area contributed by atoms with Crippen LogP contribution < -0.4 is 11.1 Å². The number of hydrogen-bond donors (Lipinski definition) is 2. The summed E-state index contributed by atoms with van der Waals surface area (Å²) in [6, 6.07) is 3.89. The number of aliphatic imine (C=N–C) groups is 1. The first-order valence-electron chi connectivity index (χ1n) is 8.35. The first kappa shape index (κ1) is 21.1. The van der Waals surface area contributed by atoms with Crippen molar-refractivity contribution >= 4 is 17.9 Å². The maximum Gasteiger partial charge on any atom is 0.137 e. The van der Waals surface area contributed by atoms with Crippen LogP contribution in [0.4, 0.5) is 10.2 Å². The van der Waals surface area contributed by atoms with Gasteiger partial charge in [0.15, 0.2) is 0 Å². The van der Waals surface area contributed by atoms with Gasteiger partial charge in [0.1, 0.15) is 11.7 Å². The van der Waals surface area contributed by atoms with Crippen molar-refractivity contribution in [3.63, 3.8) is 0 Å². The van der Waals surface area contributed by atoms with Crippen molar-refractivity contribution < 1.29 is 4.39 Å². The molecule has 1 aromatic rings. The molecule has 0 spiro atoms. The first-order valence-corrected chi connectivity index (χ1v) is 8.35. The standard InChI is InChI=1S/C18H24N6.CH3F/c1-4-11-21-18-16(17(19)20-3)9-8-15(23-18)10-12-22-24-13-6-5-7-14(24)2;1-2/h5-9,12-13H,2,4,10-11H2,1,3H3,(H2,19,20)(H,21,23);1H3/b22-12-;. The molecule has 0 unspecified atom stereocenters. The summed E-state index contributed by atoms with van der Waals surface area (Å²) in [4.78, 5) is 8.69. The van der Waals surface area contributed by atoms with E-state index in [1.54, 1.807) is 12.1 Å². The van der Waals surface area contributed by atoms with E-state index >= 15 is 0 Å². The van der Waals surface area contributed by atoms with Crippen LogP contribution in [-0.2, 0) is 6.42 Å². The van der Waals surface area contributed by atoms with Gasteiger partial charge in [0, 0.05) is 38.1 Å². The smallest absolute Gasteiger partial charge is 0.137 e. The van der Waals surface area contributed by atoms with Gasteiger partial charge in [0.05, 0.1) is 18.4 Å². The van der Waals surface area contributed by atoms with Gasteiger partial charge in [-0.1, -0.05) is 19.6 Å². The van der Waals surface area contributed by atoms with E-state index in [1.807, 2.05) is 42.8 Å². The number of aromatic nitrogens is 1. The maximum absolute atomic E-state index is 9.50. The molecule has 0 radical (unpaired) electrons. The highest BCUT2D eigenvalue weighted by atomic mass is 19.1. The van der Waals surface area contributed by atoms with Crippen LogP contribution in [0.25, 0.3) is 0 Å². The van der Waals surface area contributed by atoms with E-state index in [0.717, 1.165) is 35.7 Å². The van der Waals surface area contributed by atoms with Crippen LogP contribution in [0.15, 0.2) is 58.9 Å². The molecule has 26 heavy (non-hydrogen) atoms. The molecule has 0 atom stereocenters. The van der Waals surface area contributed by atoms with E-state index in [1.165, 1.54) is 0 Å². The number of anilines is 1. The van der Waals surface area contributed by atoms with Crippen molar-refractivity contribution in [1.82, 2.24) is 9.99 Å². The van der Waals surface area contributed by atoms with E-state index in [4.69, 9.17) is 5.73 Å². The molecule has 0 aliphatic carbocycles. The van der Waals surface area contributed by atoms with Crippen molar-refractivity contribution in [2.24, 2.45) is 15.8 Å². The van der Waals surface area contributed by atoms with Gasteiger partial charge in [-0.2, -0.15) is 5.10 Å². The summed E-state index contributed by atoms with van der Waals surface area (Å²) in [7, 11) is 2.17. The summed E-state index contributed by atoms with van der Waals surface area (Å²) in [5, 5.41) is 9.42. The molecule has 0 bridgehead atoms. The quantitative estimate of drug-likeness (QED) is 0.579. The highest BCUT2D eigenvalue weighted by Crippen LogP contribution is 2.14. The molecule has 0 fully saturated rings. The topological polar surface area (TPSA) is 78.9 Å². The van der Waals surface area contributed by atoms with Crippen LogP contribution in [0, 0.1) is 0 Å². The Kier molecular flexibility index (Phi) is 9.38. The Hall–Kier alpha value is -2.96. The lowest BCUT2D eigenvalue weighted by Crippen LogP contribution is -2.18. The average Bonchev–Trinajstić information content (AvgIpc) is 2.69. The van der Waals surface area contributed by atoms with E-state index in [-0.39, 0.29) is 0 Å². The summed E-state index contributed by atoms with van der Waals surface area (Å²) in [6.07, 6.45) is 11.1. The maximum atomic E-state index is 9.50. The second-order valence-corrected chi connectivity index (χ2v) is 5.27. The molecular weight excluding hydrogens is 331 g/mol. The summed E-state index contributed by atoms with van der Waals surface area (Å²) in [5.74, 6) is 1.24. The molecule has 6 nitrogen and oxygen atoms in total. The number of rotatable bonds is 7. The number of nitrogens with zero attached hydrogens (tertiary/aromatic N) is 4. The summed E-state index contributed by atoms with van der Waals surface area (Å²) in [6.45, 7) is 6.87. The van der Waals surface area contributed by atoms with E-state index < -0.39 is 0 Å². The van der Waals surface area contributed by atoms with Crippen LogP contribution in [0.5, 0.6) is 0 Å². The third-order valence-corrected chi connectivity index (χ3v) is 3.44. The number of halogens is 1. The second kappa shape index (κ2) is 11.6. The van der Waals surface area contributed by atoms with Gasteiger partial charge in [-0.15, -0.1) is 0 Å². The zero-order valence-electron chi connectivity index (χ0n) is 15.6. The second-order valence-electron chi connectivity index (χ2n) is 5.27. The number of allylic oxidation sites excluding steroid dienone is 3. The number of pyridine rings is 1. The monoisotopic (exact) mass is 358 g/mol. The first-order chi connectivity index (χ1) is 12.7. The fourth-order valence-corrected chi connectivity index (χ4v) is 2.12. The fourth-order valence-electron chi connectivity index (χ4n) is 2.12. The van der Waals surface area contributed by atoms with Crippen molar-refractivity contribution in [1.29, 1.82) is 0 Å². The Morgan fingerprint density at radius 2 is 2.15 bits per heavy atom. The summed E-state index contributed by atoms with van der Waals surface area (Å²) >= 11 is 0. The summed E-state index contributed by atoms with van der Waals surface area (Å²) < 4.78 is 9.50. The Balaban J connectivity index is 0.00000163. The predicted molar refractivity (Wildman–Crippen MR) is 108 cm³/mol. The molecule has 2 rings (SSSR count). The Morgan fingerprint density at radius 1 is 1.38 bits per heavy atom. The molecule has 1 aliphatic rings. The van der Waals surface area contributed by atoms with Crippen LogP contribution in [-0.4, -0.2) is 42.8 Å². The molecule has 3 N–H and O–H groups in total. The lowest BCUT2D eigenvalue weighted by atomic mass is 10.2. The molecule has 2 heterocycles. The Bertz CT molecular complexity index is 706. The molecule has 140 valence electrons. The van der Waals surface area contributed by atoms with Crippen LogP contribution in [0.1, 0.15) is 24.6 Å². The van der Waals surface area contributed by atoms with Crippen molar-refractivity contribution in [2.45, 2.75) is 19.8 Å². The number of alkyl halides is 1. The number of nitrogens with two attached hydrogens (primary N) is 1. The Labute approximate surface area is 154 Å². The third kappa shape index (κ3) is 6.16. The zero-order chi connectivity index (χ0) is 19.4. The third-order valence-electron chi connectivity index (χ3n) is 3.44. The lowest BCUT2D eigenvalue weighted by Gasteiger charge is -2.16.